The van der Waals surface area contributed by atoms with Crippen molar-refractivity contribution in [2.24, 2.45) is 0 Å². The van der Waals surface area contributed by atoms with E-state index in [9.17, 15) is 14.7 Å². The second-order valence-corrected chi connectivity index (χ2v) is 7.68. The summed E-state index contributed by atoms with van der Waals surface area (Å²) in [4.78, 5) is 33.9. The van der Waals surface area contributed by atoms with E-state index >= 15 is 0 Å². The van der Waals surface area contributed by atoms with Gasteiger partial charge in [-0.3, -0.25) is 14.6 Å². The summed E-state index contributed by atoms with van der Waals surface area (Å²) in [6, 6.07) is 9.80. The first kappa shape index (κ1) is 23.5. The molecule has 2 aromatic rings. The molecule has 0 saturated carbocycles. The van der Waals surface area contributed by atoms with Crippen LogP contribution in [0.4, 0.5) is 0 Å². The molecule has 0 bridgehead atoms. The normalized spacial score (nSPS) is 17.9. The Hall–Kier alpha value is -3.19. The molecular formula is C25H31N3O4. The molecule has 7 heteroatoms. The Morgan fingerprint density at radius 2 is 1.84 bits per heavy atom. The predicted molar refractivity (Wildman–Crippen MR) is 123 cm³/mol. The molecule has 1 amide bonds. The van der Waals surface area contributed by atoms with E-state index in [0.29, 0.717) is 36.6 Å². The Kier molecular flexibility index (Phi) is 8.00. The van der Waals surface area contributed by atoms with Crippen molar-refractivity contribution in [3.8, 4) is 5.75 Å². The van der Waals surface area contributed by atoms with Gasteiger partial charge < -0.3 is 19.6 Å². The van der Waals surface area contributed by atoms with Crippen LogP contribution >= 0.6 is 0 Å². The lowest BCUT2D eigenvalue weighted by atomic mass is 9.96. The highest BCUT2D eigenvalue weighted by Gasteiger charge is 2.46. The summed E-state index contributed by atoms with van der Waals surface area (Å²) >= 11 is 0. The molecule has 0 spiro atoms. The smallest absolute Gasteiger partial charge is 0.295 e. The van der Waals surface area contributed by atoms with Crippen LogP contribution in [0.5, 0.6) is 5.75 Å². The fraction of sp³-hybridized carbons (Fsp3) is 0.400. The van der Waals surface area contributed by atoms with E-state index in [4.69, 9.17) is 4.74 Å². The maximum absolute atomic E-state index is 13.0. The number of ether oxygens (including phenoxy) is 1. The van der Waals surface area contributed by atoms with Gasteiger partial charge in [-0.1, -0.05) is 26.8 Å². The Bertz CT molecular complexity index is 953. The van der Waals surface area contributed by atoms with E-state index in [1.54, 1.807) is 47.6 Å². The van der Waals surface area contributed by atoms with Crippen LogP contribution in [0.3, 0.4) is 0 Å². The molecule has 170 valence electrons. The lowest BCUT2D eigenvalue weighted by Crippen LogP contribution is -2.38. The third-order valence-electron chi connectivity index (χ3n) is 5.69. The first-order valence-corrected chi connectivity index (χ1v) is 11.2. The van der Waals surface area contributed by atoms with E-state index in [-0.39, 0.29) is 11.3 Å². The number of benzene rings is 1. The quantitative estimate of drug-likeness (QED) is 0.347. The van der Waals surface area contributed by atoms with E-state index in [0.717, 1.165) is 19.5 Å². The van der Waals surface area contributed by atoms with Crippen LogP contribution in [0.15, 0.2) is 54.4 Å². The van der Waals surface area contributed by atoms with Crippen LogP contribution in [0, 0.1) is 0 Å². The number of Topliss-reactive ketones (excluding diaryl/α,β-unsaturated/α-hetero) is 1. The van der Waals surface area contributed by atoms with Crippen LogP contribution in [-0.4, -0.2) is 64.4 Å². The van der Waals surface area contributed by atoms with Gasteiger partial charge in [-0.25, -0.2) is 0 Å². The maximum Gasteiger partial charge on any atom is 0.295 e. The number of carbonyl (C=O) groups excluding carboxylic acids is 2. The van der Waals surface area contributed by atoms with Crippen molar-refractivity contribution in [1.82, 2.24) is 14.8 Å². The van der Waals surface area contributed by atoms with Gasteiger partial charge in [0.05, 0.1) is 18.2 Å². The molecule has 1 saturated heterocycles. The van der Waals surface area contributed by atoms with Gasteiger partial charge in [0.2, 0.25) is 0 Å². The number of nitrogens with zero attached hydrogens (tertiary/aromatic N) is 3. The molecule has 1 N–H and O–H groups in total. The van der Waals surface area contributed by atoms with Crippen molar-refractivity contribution in [2.75, 3.05) is 32.8 Å². The molecule has 7 nitrogen and oxygen atoms in total. The van der Waals surface area contributed by atoms with E-state index < -0.39 is 17.7 Å². The van der Waals surface area contributed by atoms with Crippen molar-refractivity contribution in [3.63, 3.8) is 0 Å². The predicted octanol–water partition coefficient (Wildman–Crippen LogP) is 3.63. The van der Waals surface area contributed by atoms with Gasteiger partial charge in [-0.05, 0) is 55.4 Å². The molecule has 0 radical (unpaired) electrons. The summed E-state index contributed by atoms with van der Waals surface area (Å²) in [5.41, 5.74) is 1.24. The van der Waals surface area contributed by atoms with Gasteiger partial charge in [0.15, 0.2) is 0 Å². The highest BCUT2D eigenvalue weighted by atomic mass is 16.5. The van der Waals surface area contributed by atoms with Crippen molar-refractivity contribution < 1.29 is 19.4 Å². The van der Waals surface area contributed by atoms with Crippen molar-refractivity contribution in [2.45, 2.75) is 33.2 Å². The van der Waals surface area contributed by atoms with Gasteiger partial charge in [-0.15, -0.1) is 0 Å². The van der Waals surface area contributed by atoms with E-state index in [1.807, 2.05) is 13.0 Å². The SMILES string of the molecule is CCCOc1ccc(C(O)=C2C(=O)C(=O)N(CCN(CC)CC)[C@H]2c2cccnc2)cc1. The average Bonchev–Trinajstić information content (AvgIpc) is 3.08. The van der Waals surface area contributed by atoms with Gasteiger partial charge in [0.25, 0.3) is 11.7 Å². The molecule has 1 aromatic carbocycles. The fourth-order valence-corrected chi connectivity index (χ4v) is 3.87. The number of likely N-dealkylation sites (tertiary alicyclic amines) is 1. The number of likely N-dealkylation sites (N-methyl/N-ethyl adjacent to an activating group) is 1. The summed E-state index contributed by atoms with van der Waals surface area (Å²) in [6.07, 6.45) is 4.17. The number of amides is 1. The fourth-order valence-electron chi connectivity index (χ4n) is 3.87. The molecule has 1 atom stereocenters. The molecular weight excluding hydrogens is 406 g/mol. The minimum absolute atomic E-state index is 0.0878. The first-order chi connectivity index (χ1) is 15.5. The van der Waals surface area contributed by atoms with Crippen LogP contribution < -0.4 is 4.74 Å². The second-order valence-electron chi connectivity index (χ2n) is 7.68. The van der Waals surface area contributed by atoms with Crippen molar-refractivity contribution in [3.05, 3.63) is 65.5 Å². The molecule has 0 unspecified atom stereocenters. The summed E-state index contributed by atoms with van der Waals surface area (Å²) < 4.78 is 5.60. The summed E-state index contributed by atoms with van der Waals surface area (Å²) in [5, 5.41) is 11.1. The molecule has 32 heavy (non-hydrogen) atoms. The zero-order valence-corrected chi connectivity index (χ0v) is 19.0. The molecule has 1 aliphatic rings. The zero-order valence-electron chi connectivity index (χ0n) is 19.0. The van der Waals surface area contributed by atoms with Crippen LogP contribution in [-0.2, 0) is 9.59 Å². The lowest BCUT2D eigenvalue weighted by molar-refractivity contribution is -0.140. The number of ketones is 1. The van der Waals surface area contributed by atoms with E-state index in [1.165, 1.54) is 0 Å². The Morgan fingerprint density at radius 3 is 2.44 bits per heavy atom. The summed E-state index contributed by atoms with van der Waals surface area (Å²) in [6.45, 7) is 9.47. The molecule has 1 aliphatic heterocycles. The van der Waals surface area contributed by atoms with Gasteiger partial charge in [-0.2, -0.15) is 0 Å². The number of rotatable bonds is 10. The number of hydrogen-bond donors (Lipinski definition) is 1. The largest absolute Gasteiger partial charge is 0.507 e. The maximum atomic E-state index is 13.0. The topological polar surface area (TPSA) is 83.0 Å². The number of aromatic nitrogens is 1. The Balaban J connectivity index is 2.00. The highest BCUT2D eigenvalue weighted by Crippen LogP contribution is 2.39. The van der Waals surface area contributed by atoms with Crippen LogP contribution in [0.2, 0.25) is 0 Å². The van der Waals surface area contributed by atoms with Crippen molar-refractivity contribution in [1.29, 1.82) is 0 Å². The summed E-state index contributed by atoms with van der Waals surface area (Å²) in [7, 11) is 0. The number of hydrogen-bond acceptors (Lipinski definition) is 6. The van der Waals surface area contributed by atoms with Gasteiger partial charge in [0, 0.05) is 31.0 Å². The summed E-state index contributed by atoms with van der Waals surface area (Å²) in [5.74, 6) is -0.783. The average molecular weight is 438 g/mol. The molecule has 2 heterocycles. The third-order valence-corrected chi connectivity index (χ3v) is 5.69. The zero-order chi connectivity index (χ0) is 23.1. The standard InChI is InChI=1S/C25H31N3O4/c1-4-16-32-20-11-9-18(10-12-20)23(29)21-22(19-8-7-13-26-17-19)28(25(31)24(21)30)15-14-27(5-2)6-3/h7-13,17,22,29H,4-6,14-16H2,1-3H3/t22-/m0/s1. The first-order valence-electron chi connectivity index (χ1n) is 11.2. The molecule has 0 aliphatic carbocycles. The number of carbonyl (C=O) groups is 2. The van der Waals surface area contributed by atoms with Gasteiger partial charge in [0.1, 0.15) is 11.5 Å². The van der Waals surface area contributed by atoms with Gasteiger partial charge >= 0.3 is 0 Å². The number of pyridine rings is 1. The third kappa shape index (κ3) is 4.99. The number of aliphatic hydroxyl groups is 1. The Morgan fingerprint density at radius 1 is 1.12 bits per heavy atom. The minimum atomic E-state index is -0.685. The lowest BCUT2D eigenvalue weighted by Gasteiger charge is -2.28. The molecule has 1 fully saturated rings. The highest BCUT2D eigenvalue weighted by molar-refractivity contribution is 6.46. The molecule has 1 aromatic heterocycles. The second kappa shape index (κ2) is 10.9. The molecule has 3 rings (SSSR count). The van der Waals surface area contributed by atoms with Crippen molar-refractivity contribution >= 4 is 17.4 Å². The minimum Gasteiger partial charge on any atom is -0.507 e. The van der Waals surface area contributed by atoms with E-state index in [2.05, 4.69) is 23.7 Å². The Labute approximate surface area is 189 Å². The number of aliphatic hydroxyl groups excluding tert-OH is 1. The van der Waals surface area contributed by atoms with Crippen LogP contribution in [0.1, 0.15) is 44.4 Å². The monoisotopic (exact) mass is 437 g/mol. The van der Waals surface area contributed by atoms with Crippen LogP contribution in [0.25, 0.3) is 5.76 Å².